The average molecular weight is 306 g/mol. The minimum Gasteiger partial charge on any atom is -0.465 e. The highest BCUT2D eigenvalue weighted by molar-refractivity contribution is 7.89. The molecule has 6 heteroatoms. The minimum absolute atomic E-state index is 0.148. The van der Waals surface area contributed by atoms with Crippen molar-refractivity contribution in [3.63, 3.8) is 0 Å². The van der Waals surface area contributed by atoms with Gasteiger partial charge in [-0.05, 0) is 32.6 Å². The predicted octanol–water partition coefficient (Wildman–Crippen LogP) is 3.06. The van der Waals surface area contributed by atoms with Crippen molar-refractivity contribution in [2.75, 3.05) is 13.6 Å². The van der Waals surface area contributed by atoms with Crippen molar-refractivity contribution in [2.45, 2.75) is 43.9 Å². The van der Waals surface area contributed by atoms with Crippen LogP contribution in [-0.2, 0) is 15.9 Å². The quantitative estimate of drug-likeness (QED) is 0.786. The van der Waals surface area contributed by atoms with E-state index < -0.39 is 10.0 Å². The van der Waals surface area contributed by atoms with Gasteiger partial charge in [0.05, 0.1) is 5.88 Å². The maximum atomic E-state index is 12.6. The number of rotatable bonds is 5. The summed E-state index contributed by atoms with van der Waals surface area (Å²) in [4.78, 5) is 0.252. The fourth-order valence-electron chi connectivity index (χ4n) is 2.49. The van der Waals surface area contributed by atoms with Crippen molar-refractivity contribution in [1.82, 2.24) is 4.31 Å². The van der Waals surface area contributed by atoms with E-state index in [-0.39, 0.29) is 10.8 Å². The third kappa shape index (κ3) is 2.69. The number of alkyl halides is 1. The first kappa shape index (κ1) is 14.9. The van der Waals surface area contributed by atoms with Crippen molar-refractivity contribution >= 4 is 21.6 Å². The lowest BCUT2D eigenvalue weighted by Gasteiger charge is -2.29. The lowest BCUT2D eigenvalue weighted by molar-refractivity contribution is 0.262. The lowest BCUT2D eigenvalue weighted by atomic mass is 9.86. The van der Waals surface area contributed by atoms with E-state index in [9.17, 15) is 8.42 Å². The second kappa shape index (κ2) is 5.46. The number of sulfonamides is 1. The zero-order chi connectivity index (χ0) is 14.2. The number of furan rings is 1. The van der Waals surface area contributed by atoms with E-state index in [0.717, 1.165) is 12.8 Å². The third-order valence-corrected chi connectivity index (χ3v) is 6.15. The zero-order valence-corrected chi connectivity index (χ0v) is 13.1. The molecule has 0 amide bonds. The van der Waals surface area contributed by atoms with Gasteiger partial charge in [0.1, 0.15) is 16.4 Å². The van der Waals surface area contributed by atoms with Crippen LogP contribution in [0.5, 0.6) is 0 Å². The molecule has 0 atom stereocenters. The lowest BCUT2D eigenvalue weighted by Crippen LogP contribution is -2.34. The van der Waals surface area contributed by atoms with Crippen LogP contribution in [0.2, 0.25) is 0 Å². The van der Waals surface area contributed by atoms with E-state index in [2.05, 4.69) is 0 Å². The maximum Gasteiger partial charge on any atom is 0.246 e. The smallest absolute Gasteiger partial charge is 0.246 e. The summed E-state index contributed by atoms with van der Waals surface area (Å²) >= 11 is 5.86. The summed E-state index contributed by atoms with van der Waals surface area (Å²) in [6.07, 6.45) is 3.44. The van der Waals surface area contributed by atoms with Crippen LogP contribution >= 0.6 is 11.6 Å². The maximum absolute atomic E-state index is 12.6. The van der Waals surface area contributed by atoms with Crippen molar-refractivity contribution in [2.24, 2.45) is 5.92 Å². The van der Waals surface area contributed by atoms with E-state index in [1.165, 1.54) is 10.7 Å². The first-order valence-corrected chi connectivity index (χ1v) is 8.46. The van der Waals surface area contributed by atoms with Crippen LogP contribution < -0.4 is 0 Å². The van der Waals surface area contributed by atoms with Crippen molar-refractivity contribution in [3.8, 4) is 0 Å². The second-order valence-corrected chi connectivity index (χ2v) is 7.49. The Morgan fingerprint density at radius 2 is 1.95 bits per heavy atom. The highest BCUT2D eigenvalue weighted by atomic mass is 35.5. The molecule has 4 nitrogen and oxygen atoms in total. The van der Waals surface area contributed by atoms with Gasteiger partial charge in [0, 0.05) is 19.2 Å². The van der Waals surface area contributed by atoms with Gasteiger partial charge in [0.2, 0.25) is 10.0 Å². The molecule has 0 N–H and O–H groups in total. The summed E-state index contributed by atoms with van der Waals surface area (Å²) in [6.45, 7) is 4.00. The molecule has 1 aliphatic carbocycles. The normalized spacial score (nSPS) is 16.9. The molecule has 108 valence electrons. The van der Waals surface area contributed by atoms with Crippen molar-refractivity contribution in [3.05, 3.63) is 17.1 Å². The van der Waals surface area contributed by atoms with Gasteiger partial charge >= 0.3 is 0 Å². The number of nitrogens with zero attached hydrogens (tertiary/aromatic N) is 1. The topological polar surface area (TPSA) is 50.5 Å². The highest BCUT2D eigenvalue weighted by Crippen LogP contribution is 2.32. The molecule has 1 aromatic rings. The van der Waals surface area contributed by atoms with Gasteiger partial charge in [-0.1, -0.05) is 6.42 Å². The number of halogens is 1. The van der Waals surface area contributed by atoms with Gasteiger partial charge in [0.15, 0.2) is 0 Å². The van der Waals surface area contributed by atoms with Crippen molar-refractivity contribution < 1.29 is 12.8 Å². The molecule has 19 heavy (non-hydrogen) atoms. The van der Waals surface area contributed by atoms with Gasteiger partial charge in [-0.15, -0.1) is 11.6 Å². The second-order valence-electron chi connectivity index (χ2n) is 5.24. The van der Waals surface area contributed by atoms with E-state index in [1.807, 2.05) is 0 Å². The molecule has 0 unspecified atom stereocenters. The van der Waals surface area contributed by atoms with E-state index in [1.54, 1.807) is 20.9 Å². The molecule has 1 fully saturated rings. The Morgan fingerprint density at radius 3 is 2.42 bits per heavy atom. The molecule has 1 aliphatic rings. The van der Waals surface area contributed by atoms with E-state index in [0.29, 0.717) is 29.5 Å². The van der Waals surface area contributed by atoms with Crippen LogP contribution in [-0.4, -0.2) is 26.3 Å². The monoisotopic (exact) mass is 305 g/mol. The molecular formula is C13H20ClNO3S. The Hall–Kier alpha value is -0.520. The summed E-state index contributed by atoms with van der Waals surface area (Å²) in [5, 5.41) is 0. The van der Waals surface area contributed by atoms with Gasteiger partial charge in [0.25, 0.3) is 0 Å². The molecule has 2 rings (SSSR count). The Labute approximate surface area is 119 Å². The Morgan fingerprint density at radius 1 is 1.32 bits per heavy atom. The molecule has 0 radical (unpaired) electrons. The molecule has 0 aliphatic heterocycles. The van der Waals surface area contributed by atoms with Gasteiger partial charge in [-0.2, -0.15) is 0 Å². The summed E-state index contributed by atoms with van der Waals surface area (Å²) in [7, 11) is -1.88. The summed E-state index contributed by atoms with van der Waals surface area (Å²) in [5.41, 5.74) is 0.583. The van der Waals surface area contributed by atoms with Crippen LogP contribution in [0.3, 0.4) is 0 Å². The van der Waals surface area contributed by atoms with Crippen LogP contribution in [0, 0.1) is 19.8 Å². The summed E-state index contributed by atoms with van der Waals surface area (Å²) in [5.74, 6) is 1.65. The van der Waals surface area contributed by atoms with Gasteiger partial charge < -0.3 is 4.42 Å². The largest absolute Gasteiger partial charge is 0.465 e. The van der Waals surface area contributed by atoms with E-state index in [4.69, 9.17) is 16.0 Å². The fraction of sp³-hybridized carbons (Fsp3) is 0.692. The van der Waals surface area contributed by atoms with Gasteiger partial charge in [-0.3, -0.25) is 0 Å². The first-order chi connectivity index (χ1) is 8.87. The fourth-order valence-corrected chi connectivity index (χ4v) is 4.55. The predicted molar refractivity (Wildman–Crippen MR) is 74.9 cm³/mol. The third-order valence-electron chi connectivity index (χ3n) is 3.87. The Bertz CT molecular complexity index is 561. The summed E-state index contributed by atoms with van der Waals surface area (Å²) < 4.78 is 32.1. The molecule has 0 spiro atoms. The number of hydrogen-bond acceptors (Lipinski definition) is 3. The van der Waals surface area contributed by atoms with Crippen LogP contribution in [0.15, 0.2) is 9.31 Å². The van der Waals surface area contributed by atoms with Crippen LogP contribution in [0.1, 0.15) is 36.3 Å². The number of aryl methyl sites for hydroxylation is 2. The van der Waals surface area contributed by atoms with Crippen LogP contribution in [0.25, 0.3) is 0 Å². The standard InChI is InChI=1S/C13H20ClNO3S/c1-9-12(7-14)13(10(2)18-9)19(16,17)15(3)8-11-5-4-6-11/h11H,4-8H2,1-3H3. The van der Waals surface area contributed by atoms with Gasteiger partial charge in [-0.25, -0.2) is 12.7 Å². The SMILES string of the molecule is Cc1oc(C)c(S(=O)(=O)N(C)CC2CCC2)c1CCl. The number of hydrogen-bond donors (Lipinski definition) is 0. The molecule has 1 heterocycles. The van der Waals surface area contributed by atoms with Crippen LogP contribution in [0.4, 0.5) is 0 Å². The Balaban J connectivity index is 2.32. The summed E-state index contributed by atoms with van der Waals surface area (Å²) in [6, 6.07) is 0. The molecule has 1 saturated carbocycles. The zero-order valence-electron chi connectivity index (χ0n) is 11.6. The Kier molecular flexibility index (Phi) is 4.28. The van der Waals surface area contributed by atoms with Crippen molar-refractivity contribution in [1.29, 1.82) is 0 Å². The molecule has 0 aromatic carbocycles. The molecule has 0 saturated heterocycles. The molecular weight excluding hydrogens is 286 g/mol. The molecule has 1 aromatic heterocycles. The minimum atomic E-state index is -3.51. The highest BCUT2D eigenvalue weighted by Gasteiger charge is 2.32. The van der Waals surface area contributed by atoms with E-state index >= 15 is 0 Å². The molecule has 0 bridgehead atoms. The first-order valence-electron chi connectivity index (χ1n) is 6.49. The average Bonchev–Trinajstić information content (AvgIpc) is 2.58.